The molecule has 1 amide bonds. The molecule has 1 aromatic heterocycles. The molecule has 0 radical (unpaired) electrons. The van der Waals surface area contributed by atoms with Crippen molar-refractivity contribution in [3.05, 3.63) is 77.7 Å². The number of carbonyl (C=O) groups is 1. The van der Waals surface area contributed by atoms with Crippen LogP contribution >= 0.6 is 0 Å². The first-order valence-corrected chi connectivity index (χ1v) is 10.2. The number of anilines is 1. The van der Waals surface area contributed by atoms with E-state index in [0.717, 1.165) is 37.1 Å². The maximum Gasteiger partial charge on any atom is 0.318 e. The van der Waals surface area contributed by atoms with Crippen LogP contribution in [0.2, 0.25) is 0 Å². The SMILES string of the molecule is CCC(C(=O)NC(c1ccccc1)c1nnc(N2CCCC2)o1)c1ccccc1. The molecule has 1 saturated heterocycles. The molecule has 29 heavy (non-hydrogen) atoms. The van der Waals surface area contributed by atoms with Crippen molar-refractivity contribution in [2.45, 2.75) is 38.1 Å². The highest BCUT2D eigenvalue weighted by Gasteiger charge is 2.28. The number of hydrogen-bond acceptors (Lipinski definition) is 5. The van der Waals surface area contributed by atoms with Crippen molar-refractivity contribution in [3.63, 3.8) is 0 Å². The van der Waals surface area contributed by atoms with Gasteiger partial charge in [0.15, 0.2) is 0 Å². The summed E-state index contributed by atoms with van der Waals surface area (Å²) in [6.07, 6.45) is 2.97. The Morgan fingerprint density at radius 1 is 1.00 bits per heavy atom. The smallest absolute Gasteiger partial charge is 0.318 e. The maximum absolute atomic E-state index is 13.2. The summed E-state index contributed by atoms with van der Waals surface area (Å²) in [7, 11) is 0. The lowest BCUT2D eigenvalue weighted by molar-refractivity contribution is -0.123. The number of aromatic nitrogens is 2. The Morgan fingerprint density at radius 3 is 2.24 bits per heavy atom. The summed E-state index contributed by atoms with van der Waals surface area (Å²) in [6, 6.07) is 19.7. The van der Waals surface area contributed by atoms with Crippen LogP contribution in [0.1, 0.15) is 55.2 Å². The summed E-state index contributed by atoms with van der Waals surface area (Å²) < 4.78 is 5.99. The Hall–Kier alpha value is -3.15. The molecule has 2 aromatic carbocycles. The average Bonchev–Trinajstić information content (AvgIpc) is 3.46. The van der Waals surface area contributed by atoms with E-state index in [1.165, 1.54) is 0 Å². The second kappa shape index (κ2) is 8.90. The van der Waals surface area contributed by atoms with Gasteiger partial charge in [0.25, 0.3) is 0 Å². The van der Waals surface area contributed by atoms with Crippen LogP contribution in [0.15, 0.2) is 65.1 Å². The predicted octanol–water partition coefficient (Wildman–Crippen LogP) is 4.07. The van der Waals surface area contributed by atoms with Gasteiger partial charge in [-0.25, -0.2) is 0 Å². The fourth-order valence-electron chi connectivity index (χ4n) is 3.81. The molecule has 150 valence electrons. The Labute approximate surface area is 170 Å². The number of nitrogens with zero attached hydrogens (tertiary/aromatic N) is 3. The van der Waals surface area contributed by atoms with Gasteiger partial charge in [-0.1, -0.05) is 72.7 Å². The van der Waals surface area contributed by atoms with Crippen molar-refractivity contribution in [3.8, 4) is 0 Å². The van der Waals surface area contributed by atoms with Crippen LogP contribution in [0, 0.1) is 0 Å². The molecule has 6 heteroatoms. The number of hydrogen-bond donors (Lipinski definition) is 1. The van der Waals surface area contributed by atoms with Crippen LogP contribution in [0.4, 0.5) is 6.01 Å². The van der Waals surface area contributed by atoms with E-state index in [1.54, 1.807) is 0 Å². The standard InChI is InChI=1S/C23H26N4O2/c1-2-19(17-11-5-3-6-12-17)21(28)24-20(18-13-7-4-8-14-18)22-25-26-23(29-22)27-15-9-10-16-27/h3-8,11-14,19-20H,2,9-10,15-16H2,1H3,(H,24,28). The van der Waals surface area contributed by atoms with Gasteiger partial charge < -0.3 is 14.6 Å². The lowest BCUT2D eigenvalue weighted by Crippen LogP contribution is -2.33. The lowest BCUT2D eigenvalue weighted by atomic mass is 9.95. The van der Waals surface area contributed by atoms with Crippen molar-refractivity contribution in [2.75, 3.05) is 18.0 Å². The highest BCUT2D eigenvalue weighted by molar-refractivity contribution is 5.84. The Morgan fingerprint density at radius 2 is 1.62 bits per heavy atom. The van der Waals surface area contributed by atoms with E-state index in [2.05, 4.69) is 20.4 Å². The zero-order valence-corrected chi connectivity index (χ0v) is 16.6. The highest BCUT2D eigenvalue weighted by atomic mass is 16.4. The van der Waals surface area contributed by atoms with Crippen molar-refractivity contribution in [1.82, 2.24) is 15.5 Å². The monoisotopic (exact) mass is 390 g/mol. The van der Waals surface area contributed by atoms with Gasteiger partial charge in [0.05, 0.1) is 5.92 Å². The minimum atomic E-state index is -0.481. The molecule has 0 bridgehead atoms. The minimum Gasteiger partial charge on any atom is -0.405 e. The Kier molecular flexibility index (Phi) is 5.89. The van der Waals surface area contributed by atoms with Gasteiger partial charge >= 0.3 is 6.01 Å². The molecule has 3 aromatic rings. The van der Waals surface area contributed by atoms with E-state index in [4.69, 9.17) is 4.42 Å². The molecule has 1 aliphatic heterocycles. The zero-order chi connectivity index (χ0) is 20.1. The Balaban J connectivity index is 1.60. The fraction of sp³-hybridized carbons (Fsp3) is 0.348. The molecular weight excluding hydrogens is 364 g/mol. The third-order valence-electron chi connectivity index (χ3n) is 5.40. The van der Waals surface area contributed by atoms with Crippen LogP contribution in [-0.2, 0) is 4.79 Å². The van der Waals surface area contributed by atoms with Crippen LogP contribution in [0.25, 0.3) is 0 Å². The molecule has 0 spiro atoms. The van der Waals surface area contributed by atoms with Crippen molar-refractivity contribution in [1.29, 1.82) is 0 Å². The number of amides is 1. The predicted molar refractivity (Wildman–Crippen MR) is 112 cm³/mol. The maximum atomic E-state index is 13.2. The number of benzene rings is 2. The number of rotatable bonds is 7. The number of carbonyl (C=O) groups excluding carboxylic acids is 1. The molecule has 0 aliphatic carbocycles. The quantitative estimate of drug-likeness (QED) is 0.658. The van der Waals surface area contributed by atoms with E-state index in [1.807, 2.05) is 67.6 Å². The first-order valence-electron chi connectivity index (χ1n) is 10.2. The summed E-state index contributed by atoms with van der Waals surface area (Å²) in [5, 5.41) is 11.7. The van der Waals surface area contributed by atoms with Gasteiger partial charge in [-0.2, -0.15) is 0 Å². The van der Waals surface area contributed by atoms with E-state index < -0.39 is 6.04 Å². The molecule has 4 rings (SSSR count). The molecule has 2 atom stereocenters. The molecule has 1 fully saturated rings. The van der Waals surface area contributed by atoms with Gasteiger partial charge in [0, 0.05) is 13.1 Å². The highest BCUT2D eigenvalue weighted by Crippen LogP contribution is 2.27. The van der Waals surface area contributed by atoms with Crippen LogP contribution in [-0.4, -0.2) is 29.2 Å². The minimum absolute atomic E-state index is 0.0477. The number of nitrogens with one attached hydrogen (secondary N) is 1. The van der Waals surface area contributed by atoms with Crippen LogP contribution in [0.5, 0.6) is 0 Å². The van der Waals surface area contributed by atoms with Gasteiger partial charge in [-0.3, -0.25) is 4.79 Å². The Bertz CT molecular complexity index is 920. The molecule has 2 heterocycles. The largest absolute Gasteiger partial charge is 0.405 e. The molecule has 1 N–H and O–H groups in total. The van der Waals surface area contributed by atoms with Crippen molar-refractivity contribution >= 4 is 11.9 Å². The fourth-order valence-corrected chi connectivity index (χ4v) is 3.81. The lowest BCUT2D eigenvalue weighted by Gasteiger charge is -2.21. The van der Waals surface area contributed by atoms with Crippen molar-refractivity contribution in [2.24, 2.45) is 0 Å². The van der Waals surface area contributed by atoms with Gasteiger partial charge in [0.2, 0.25) is 11.8 Å². The van der Waals surface area contributed by atoms with Crippen LogP contribution < -0.4 is 10.2 Å². The van der Waals surface area contributed by atoms with E-state index in [-0.39, 0.29) is 11.8 Å². The van der Waals surface area contributed by atoms with E-state index in [9.17, 15) is 4.79 Å². The van der Waals surface area contributed by atoms with Crippen LogP contribution in [0.3, 0.4) is 0 Å². The molecular formula is C23H26N4O2. The third kappa shape index (κ3) is 4.31. The first-order chi connectivity index (χ1) is 14.3. The summed E-state index contributed by atoms with van der Waals surface area (Å²) in [5.41, 5.74) is 1.92. The third-order valence-corrected chi connectivity index (χ3v) is 5.40. The summed E-state index contributed by atoms with van der Waals surface area (Å²) in [5.74, 6) is 0.131. The molecule has 1 aliphatic rings. The summed E-state index contributed by atoms with van der Waals surface area (Å²) in [6.45, 7) is 3.87. The molecule has 2 unspecified atom stereocenters. The molecule has 0 saturated carbocycles. The molecule has 6 nitrogen and oxygen atoms in total. The van der Waals surface area contributed by atoms with E-state index in [0.29, 0.717) is 18.3 Å². The van der Waals surface area contributed by atoms with E-state index >= 15 is 0 Å². The van der Waals surface area contributed by atoms with Gasteiger partial charge in [-0.05, 0) is 30.4 Å². The second-order valence-corrected chi connectivity index (χ2v) is 7.34. The normalized spacial score (nSPS) is 15.8. The van der Waals surface area contributed by atoms with Crippen molar-refractivity contribution < 1.29 is 9.21 Å². The second-order valence-electron chi connectivity index (χ2n) is 7.34. The zero-order valence-electron chi connectivity index (χ0n) is 16.6. The van der Waals surface area contributed by atoms with Gasteiger partial charge in [-0.15, -0.1) is 5.10 Å². The average molecular weight is 390 g/mol. The summed E-state index contributed by atoms with van der Waals surface area (Å²) in [4.78, 5) is 15.3. The van der Waals surface area contributed by atoms with Gasteiger partial charge in [0.1, 0.15) is 6.04 Å². The topological polar surface area (TPSA) is 71.3 Å². The first kappa shape index (κ1) is 19.2. The summed E-state index contributed by atoms with van der Waals surface area (Å²) >= 11 is 0.